The molecule has 6 nitrogen and oxygen atoms in total. The summed E-state index contributed by atoms with van der Waals surface area (Å²) in [5.41, 5.74) is 1.70. The molecule has 4 rings (SSSR count). The van der Waals surface area contributed by atoms with E-state index in [1.165, 1.54) is 9.80 Å². The Kier molecular flexibility index (Phi) is 7.00. The first-order chi connectivity index (χ1) is 16.3. The van der Waals surface area contributed by atoms with E-state index in [1.54, 1.807) is 32.3 Å². The highest BCUT2D eigenvalue weighted by atomic mass is 79.9. The lowest BCUT2D eigenvalue weighted by Gasteiger charge is -2.31. The van der Waals surface area contributed by atoms with Gasteiger partial charge in [0, 0.05) is 14.1 Å². The fourth-order valence-electron chi connectivity index (χ4n) is 3.78. The molecule has 1 fully saturated rings. The number of benzene rings is 3. The number of carbonyl (C=O) groups is 2. The van der Waals surface area contributed by atoms with Crippen LogP contribution in [-0.4, -0.2) is 47.4 Å². The van der Waals surface area contributed by atoms with Gasteiger partial charge in [0.2, 0.25) is 0 Å². The van der Waals surface area contributed by atoms with Crippen LogP contribution in [0.25, 0.3) is 16.8 Å². The van der Waals surface area contributed by atoms with Gasteiger partial charge >= 0.3 is 0 Å². The maximum Gasteiger partial charge on any atom is 0.265 e. The quantitative estimate of drug-likeness (QED) is 0.246. The standard InChI is InChI=1S/C26H23BrN2O4S/c1-4-32-22-14-16(12-20-24(30)28(2)26(34)29(3)25(20)31)13-21(27)23(22)33-15-18-10-7-9-17-8-5-6-11-19(17)18/h5-14H,4,15H2,1-3H3. The molecule has 0 atom stereocenters. The predicted octanol–water partition coefficient (Wildman–Crippen LogP) is 5.18. The number of fused-ring (bicyclic) bond motifs is 1. The van der Waals surface area contributed by atoms with Crippen LogP contribution in [0, 0.1) is 0 Å². The number of likely N-dealkylation sites (N-methyl/N-ethyl adjacent to an activating group) is 2. The molecule has 34 heavy (non-hydrogen) atoms. The van der Waals surface area contributed by atoms with Crippen LogP contribution in [0.2, 0.25) is 0 Å². The molecule has 0 aromatic heterocycles. The van der Waals surface area contributed by atoms with Crippen molar-refractivity contribution in [3.63, 3.8) is 0 Å². The summed E-state index contributed by atoms with van der Waals surface area (Å²) in [6.45, 7) is 2.66. The molecule has 1 aliphatic rings. The molecular formula is C26H23BrN2O4S. The first-order valence-corrected chi connectivity index (χ1v) is 11.9. The van der Waals surface area contributed by atoms with Crippen LogP contribution in [0.1, 0.15) is 18.1 Å². The summed E-state index contributed by atoms with van der Waals surface area (Å²) in [4.78, 5) is 27.9. The third-order valence-electron chi connectivity index (χ3n) is 5.54. The van der Waals surface area contributed by atoms with Gasteiger partial charge in [0.15, 0.2) is 16.6 Å². The Morgan fingerprint density at radius 1 is 0.971 bits per heavy atom. The highest BCUT2D eigenvalue weighted by Crippen LogP contribution is 2.38. The molecule has 0 N–H and O–H groups in total. The Morgan fingerprint density at radius 3 is 2.35 bits per heavy atom. The number of amides is 2. The lowest BCUT2D eigenvalue weighted by Crippen LogP contribution is -2.52. The van der Waals surface area contributed by atoms with E-state index in [2.05, 4.69) is 34.1 Å². The van der Waals surface area contributed by atoms with Crippen LogP contribution in [-0.2, 0) is 16.2 Å². The molecule has 2 amide bonds. The lowest BCUT2D eigenvalue weighted by atomic mass is 10.1. The van der Waals surface area contributed by atoms with Gasteiger partial charge in [0.25, 0.3) is 11.8 Å². The number of rotatable bonds is 6. The zero-order valence-corrected chi connectivity index (χ0v) is 21.4. The van der Waals surface area contributed by atoms with E-state index >= 15 is 0 Å². The molecule has 1 saturated heterocycles. The highest BCUT2D eigenvalue weighted by Gasteiger charge is 2.35. The summed E-state index contributed by atoms with van der Waals surface area (Å²) in [5, 5.41) is 2.44. The van der Waals surface area contributed by atoms with Gasteiger partial charge in [0.05, 0.1) is 11.1 Å². The largest absolute Gasteiger partial charge is 0.490 e. The first kappa shape index (κ1) is 23.9. The minimum Gasteiger partial charge on any atom is -0.490 e. The molecule has 0 saturated carbocycles. The van der Waals surface area contributed by atoms with Crippen molar-refractivity contribution >= 4 is 61.9 Å². The van der Waals surface area contributed by atoms with Crippen LogP contribution < -0.4 is 9.47 Å². The molecule has 0 radical (unpaired) electrons. The smallest absolute Gasteiger partial charge is 0.265 e. The number of carbonyl (C=O) groups excluding carboxylic acids is 2. The van der Waals surface area contributed by atoms with Crippen LogP contribution in [0.4, 0.5) is 0 Å². The van der Waals surface area contributed by atoms with Crippen molar-refractivity contribution in [3.8, 4) is 11.5 Å². The van der Waals surface area contributed by atoms with Gasteiger partial charge in [-0.15, -0.1) is 0 Å². The van der Waals surface area contributed by atoms with Crippen LogP contribution in [0.15, 0.2) is 64.6 Å². The monoisotopic (exact) mass is 538 g/mol. The number of hydrogen-bond acceptors (Lipinski definition) is 5. The minimum absolute atomic E-state index is 0.0253. The Hall–Kier alpha value is -3.23. The van der Waals surface area contributed by atoms with Crippen molar-refractivity contribution < 1.29 is 19.1 Å². The molecule has 1 heterocycles. The first-order valence-electron chi connectivity index (χ1n) is 10.7. The van der Waals surface area contributed by atoms with Crippen LogP contribution in [0.5, 0.6) is 11.5 Å². The average Bonchev–Trinajstić information content (AvgIpc) is 2.84. The third-order valence-corrected chi connectivity index (χ3v) is 6.68. The van der Waals surface area contributed by atoms with Crippen molar-refractivity contribution in [3.05, 3.63) is 75.8 Å². The van der Waals surface area contributed by atoms with Gasteiger partial charge in [-0.05, 0) is 75.2 Å². The molecule has 8 heteroatoms. The van der Waals surface area contributed by atoms with Gasteiger partial charge in [-0.25, -0.2) is 0 Å². The molecule has 3 aromatic carbocycles. The summed E-state index contributed by atoms with van der Waals surface area (Å²) < 4.78 is 12.7. The molecule has 3 aromatic rings. The maximum absolute atomic E-state index is 12.7. The Labute approximate surface area is 211 Å². The van der Waals surface area contributed by atoms with Gasteiger partial charge in [-0.2, -0.15) is 0 Å². The second-order valence-electron chi connectivity index (χ2n) is 7.76. The Morgan fingerprint density at radius 2 is 1.65 bits per heavy atom. The second kappa shape index (κ2) is 9.95. The van der Waals surface area contributed by atoms with E-state index in [0.29, 0.717) is 34.7 Å². The zero-order chi connectivity index (χ0) is 24.4. The fourth-order valence-corrected chi connectivity index (χ4v) is 4.52. The van der Waals surface area contributed by atoms with E-state index in [9.17, 15) is 9.59 Å². The van der Waals surface area contributed by atoms with E-state index in [4.69, 9.17) is 21.7 Å². The fraction of sp³-hybridized carbons (Fsp3) is 0.192. The topological polar surface area (TPSA) is 59.1 Å². The summed E-state index contributed by atoms with van der Waals surface area (Å²) in [5.74, 6) is 0.169. The van der Waals surface area contributed by atoms with Crippen molar-refractivity contribution in [1.29, 1.82) is 0 Å². The third kappa shape index (κ3) is 4.56. The molecule has 0 aliphatic carbocycles. The maximum atomic E-state index is 12.7. The number of thiocarbonyl (C=S) groups is 1. The SMILES string of the molecule is CCOc1cc(C=C2C(=O)N(C)C(=S)N(C)C2=O)cc(Br)c1OCc1cccc2ccccc12. The van der Waals surface area contributed by atoms with Gasteiger partial charge in [0.1, 0.15) is 12.2 Å². The summed E-state index contributed by atoms with van der Waals surface area (Å²) in [6.07, 6.45) is 1.54. The lowest BCUT2D eigenvalue weighted by molar-refractivity contribution is -0.132. The summed E-state index contributed by atoms with van der Waals surface area (Å²) >= 11 is 8.73. The normalized spacial score (nSPS) is 14.1. The zero-order valence-electron chi connectivity index (χ0n) is 19.0. The molecule has 1 aliphatic heterocycles. The summed E-state index contributed by atoms with van der Waals surface area (Å²) in [6, 6.07) is 17.8. The van der Waals surface area contributed by atoms with E-state index in [1.807, 2.05) is 31.2 Å². The van der Waals surface area contributed by atoms with Crippen LogP contribution in [0.3, 0.4) is 0 Å². The van der Waals surface area contributed by atoms with E-state index in [-0.39, 0.29) is 10.7 Å². The number of hydrogen-bond donors (Lipinski definition) is 0. The van der Waals surface area contributed by atoms with Gasteiger partial charge in [-0.3, -0.25) is 19.4 Å². The predicted molar refractivity (Wildman–Crippen MR) is 140 cm³/mol. The highest BCUT2D eigenvalue weighted by molar-refractivity contribution is 9.10. The molecule has 0 bridgehead atoms. The van der Waals surface area contributed by atoms with Crippen LogP contribution >= 0.6 is 28.1 Å². The number of halogens is 1. The van der Waals surface area contributed by atoms with Crippen molar-refractivity contribution in [1.82, 2.24) is 9.80 Å². The number of nitrogens with zero attached hydrogens (tertiary/aromatic N) is 2. The Balaban J connectivity index is 1.67. The number of ether oxygens (including phenoxy) is 2. The van der Waals surface area contributed by atoms with E-state index in [0.717, 1.165) is 16.3 Å². The van der Waals surface area contributed by atoms with Crippen molar-refractivity contribution in [2.45, 2.75) is 13.5 Å². The van der Waals surface area contributed by atoms with Gasteiger partial charge in [-0.1, -0.05) is 42.5 Å². The molecular weight excluding hydrogens is 516 g/mol. The molecule has 0 unspecified atom stereocenters. The summed E-state index contributed by atoms with van der Waals surface area (Å²) in [7, 11) is 3.10. The van der Waals surface area contributed by atoms with E-state index < -0.39 is 11.8 Å². The average molecular weight is 539 g/mol. The molecule has 174 valence electrons. The molecule has 0 spiro atoms. The Bertz CT molecular complexity index is 1310. The van der Waals surface area contributed by atoms with Crippen molar-refractivity contribution in [2.75, 3.05) is 20.7 Å². The second-order valence-corrected chi connectivity index (χ2v) is 8.98. The minimum atomic E-state index is -0.446. The van der Waals surface area contributed by atoms with Gasteiger partial charge < -0.3 is 9.47 Å². The van der Waals surface area contributed by atoms with Crippen molar-refractivity contribution in [2.24, 2.45) is 0 Å².